The zero-order chi connectivity index (χ0) is 15.9. The predicted octanol–water partition coefficient (Wildman–Crippen LogP) is 3.79. The topological polar surface area (TPSA) is 64.9 Å². The second kappa shape index (κ2) is 8.28. The lowest BCUT2D eigenvalue weighted by molar-refractivity contribution is 0.312. The Kier molecular flexibility index (Phi) is 6.38. The van der Waals surface area contributed by atoms with Crippen molar-refractivity contribution >= 4 is 37.8 Å². The van der Waals surface area contributed by atoms with Crippen molar-refractivity contribution in [3.05, 3.63) is 39.3 Å². The van der Waals surface area contributed by atoms with Gasteiger partial charge in [0.25, 0.3) is 0 Å². The normalized spacial score (nSPS) is 10.5. The maximum Gasteiger partial charge on any atom is 0.243 e. The zero-order valence-corrected chi connectivity index (χ0v) is 15.4. The molecule has 22 heavy (non-hydrogen) atoms. The highest BCUT2D eigenvalue weighted by molar-refractivity contribution is 9.11. The number of hydrogen-bond acceptors (Lipinski definition) is 5. The summed E-state index contributed by atoms with van der Waals surface area (Å²) in [5, 5.41) is 14.7. The first-order valence-electron chi connectivity index (χ1n) is 6.87. The molecule has 1 aromatic heterocycles. The molecule has 0 aliphatic heterocycles. The molecule has 0 saturated heterocycles. The molecule has 0 radical (unpaired) electrons. The lowest BCUT2D eigenvalue weighted by atomic mass is 10.2. The van der Waals surface area contributed by atoms with Gasteiger partial charge in [0.15, 0.2) is 0 Å². The lowest BCUT2D eigenvalue weighted by Crippen LogP contribution is -2.10. The van der Waals surface area contributed by atoms with Crippen LogP contribution in [0.5, 0.6) is 5.75 Å². The van der Waals surface area contributed by atoms with Gasteiger partial charge in [0.2, 0.25) is 5.95 Å². The second-order valence-corrected chi connectivity index (χ2v) is 6.32. The molecule has 1 aromatic carbocycles. The summed E-state index contributed by atoms with van der Waals surface area (Å²) in [6, 6.07) is 3.99. The molecule has 8 heteroatoms. The highest BCUT2D eigenvalue weighted by Crippen LogP contribution is 2.33. The van der Waals surface area contributed by atoms with Crippen molar-refractivity contribution in [2.45, 2.75) is 26.4 Å². The molecule has 2 aromatic rings. The number of nitrogens with one attached hydrogen (secondary N) is 1. The number of ether oxygens (including phenoxy) is 1. The molecule has 0 amide bonds. The molecular weight excluding hydrogens is 414 g/mol. The molecule has 0 unspecified atom stereocenters. The molecule has 2 rings (SSSR count). The number of hydrogen-bond donors (Lipinski definition) is 1. The molecular formula is C14H17Br2N5O. The molecule has 1 heterocycles. The van der Waals surface area contributed by atoms with E-state index in [0.29, 0.717) is 25.6 Å². The number of anilines is 1. The van der Waals surface area contributed by atoms with Gasteiger partial charge in [0.05, 0.1) is 17.6 Å². The van der Waals surface area contributed by atoms with Crippen LogP contribution in [0.4, 0.5) is 5.95 Å². The van der Waals surface area contributed by atoms with Crippen molar-refractivity contribution in [3.8, 4) is 5.75 Å². The van der Waals surface area contributed by atoms with Gasteiger partial charge in [-0.1, -0.05) is 34.0 Å². The van der Waals surface area contributed by atoms with E-state index in [-0.39, 0.29) is 0 Å². The minimum Gasteiger partial charge on any atom is -0.492 e. The van der Waals surface area contributed by atoms with Gasteiger partial charge in [-0.05, 0) is 44.9 Å². The smallest absolute Gasteiger partial charge is 0.243 e. The Morgan fingerprint density at radius 2 is 2.23 bits per heavy atom. The summed E-state index contributed by atoms with van der Waals surface area (Å²) >= 11 is 7.05. The third-order valence-electron chi connectivity index (χ3n) is 2.81. The van der Waals surface area contributed by atoms with Gasteiger partial charge >= 0.3 is 0 Å². The van der Waals surface area contributed by atoms with E-state index >= 15 is 0 Å². The van der Waals surface area contributed by atoms with Gasteiger partial charge in [0.1, 0.15) is 5.75 Å². The van der Waals surface area contributed by atoms with Crippen LogP contribution in [0.2, 0.25) is 0 Å². The van der Waals surface area contributed by atoms with E-state index in [2.05, 4.69) is 66.2 Å². The van der Waals surface area contributed by atoms with Crippen molar-refractivity contribution in [2.24, 2.45) is 0 Å². The molecule has 0 saturated carbocycles. The summed E-state index contributed by atoms with van der Waals surface area (Å²) in [6.45, 7) is 7.54. The maximum atomic E-state index is 5.84. The third-order valence-corrected chi connectivity index (χ3v) is 3.85. The average Bonchev–Trinajstić information content (AvgIpc) is 2.91. The fourth-order valence-electron chi connectivity index (χ4n) is 1.86. The summed E-state index contributed by atoms with van der Waals surface area (Å²) in [5.74, 6) is 1.43. The number of allylic oxidation sites excluding steroid dienone is 1. The molecule has 0 bridgehead atoms. The van der Waals surface area contributed by atoms with E-state index in [1.54, 1.807) is 10.8 Å². The van der Waals surface area contributed by atoms with Crippen LogP contribution in [0.25, 0.3) is 0 Å². The largest absolute Gasteiger partial charge is 0.492 e. The minimum absolute atomic E-state index is 0.550. The van der Waals surface area contributed by atoms with Gasteiger partial charge in [-0.2, -0.15) is 0 Å². The fourth-order valence-corrected chi connectivity index (χ4v) is 3.29. The van der Waals surface area contributed by atoms with Gasteiger partial charge < -0.3 is 10.1 Å². The molecule has 0 fully saturated rings. The Morgan fingerprint density at radius 1 is 1.41 bits per heavy atom. The SMILES string of the molecule is C=CCn1nnnc1NCc1cc(Br)cc(Br)c1OCCC. The van der Waals surface area contributed by atoms with Crippen LogP contribution in [0.1, 0.15) is 18.9 Å². The van der Waals surface area contributed by atoms with Crippen molar-refractivity contribution in [3.63, 3.8) is 0 Å². The first-order valence-corrected chi connectivity index (χ1v) is 8.46. The zero-order valence-electron chi connectivity index (χ0n) is 12.2. The van der Waals surface area contributed by atoms with Crippen LogP contribution in [0, 0.1) is 0 Å². The summed E-state index contributed by atoms with van der Waals surface area (Å²) in [5.41, 5.74) is 1.02. The summed E-state index contributed by atoms with van der Waals surface area (Å²) in [4.78, 5) is 0. The lowest BCUT2D eigenvalue weighted by Gasteiger charge is -2.14. The van der Waals surface area contributed by atoms with E-state index in [9.17, 15) is 0 Å². The standard InChI is InChI=1S/C14H17Br2N5O/c1-3-5-21-14(18-19-20-21)17-9-10-7-11(15)8-12(16)13(10)22-6-4-2/h3,7-8H,1,4-6,9H2,2H3,(H,17,18,20). The Morgan fingerprint density at radius 3 is 2.95 bits per heavy atom. The van der Waals surface area contributed by atoms with Crippen LogP contribution in [-0.2, 0) is 13.1 Å². The van der Waals surface area contributed by atoms with Crippen molar-refractivity contribution < 1.29 is 4.74 Å². The van der Waals surface area contributed by atoms with Crippen LogP contribution in [0.3, 0.4) is 0 Å². The van der Waals surface area contributed by atoms with E-state index < -0.39 is 0 Å². The number of nitrogens with zero attached hydrogens (tertiary/aromatic N) is 4. The first-order chi connectivity index (χ1) is 10.7. The molecule has 1 N–H and O–H groups in total. The van der Waals surface area contributed by atoms with Gasteiger partial charge in [-0.15, -0.1) is 6.58 Å². The molecule has 6 nitrogen and oxygen atoms in total. The number of rotatable bonds is 8. The minimum atomic E-state index is 0.550. The number of benzene rings is 1. The van der Waals surface area contributed by atoms with Gasteiger partial charge in [-0.3, -0.25) is 0 Å². The van der Waals surface area contributed by atoms with Crippen molar-refractivity contribution in [1.82, 2.24) is 20.2 Å². The van der Waals surface area contributed by atoms with E-state index in [0.717, 1.165) is 26.7 Å². The second-order valence-electron chi connectivity index (χ2n) is 4.55. The van der Waals surface area contributed by atoms with E-state index in [1.165, 1.54) is 0 Å². The van der Waals surface area contributed by atoms with Gasteiger partial charge in [-0.25, -0.2) is 4.68 Å². The number of aromatic nitrogens is 4. The average molecular weight is 431 g/mol. The maximum absolute atomic E-state index is 5.84. The Labute approximate surface area is 146 Å². The molecule has 0 aliphatic rings. The number of halogens is 2. The quantitative estimate of drug-likeness (QED) is 0.645. The fraction of sp³-hybridized carbons (Fsp3) is 0.357. The van der Waals surface area contributed by atoms with Crippen LogP contribution in [-0.4, -0.2) is 26.8 Å². The Balaban J connectivity index is 2.17. The highest BCUT2D eigenvalue weighted by atomic mass is 79.9. The summed E-state index contributed by atoms with van der Waals surface area (Å²) < 4.78 is 9.37. The van der Waals surface area contributed by atoms with Crippen LogP contribution < -0.4 is 10.1 Å². The highest BCUT2D eigenvalue weighted by Gasteiger charge is 2.12. The third kappa shape index (κ3) is 4.30. The molecule has 118 valence electrons. The molecule has 0 aliphatic carbocycles. The van der Waals surface area contributed by atoms with Crippen molar-refractivity contribution in [1.29, 1.82) is 0 Å². The van der Waals surface area contributed by atoms with Crippen LogP contribution >= 0.6 is 31.9 Å². The monoisotopic (exact) mass is 429 g/mol. The van der Waals surface area contributed by atoms with Crippen molar-refractivity contribution in [2.75, 3.05) is 11.9 Å². The predicted molar refractivity (Wildman–Crippen MR) is 93.0 cm³/mol. The Bertz CT molecular complexity index is 644. The van der Waals surface area contributed by atoms with Gasteiger partial charge in [0, 0.05) is 16.6 Å². The Hall–Kier alpha value is -1.41. The summed E-state index contributed by atoms with van der Waals surface area (Å²) in [7, 11) is 0. The molecule has 0 atom stereocenters. The first kappa shape index (κ1) is 17.0. The number of tetrazole rings is 1. The summed E-state index contributed by atoms with van der Waals surface area (Å²) in [6.07, 6.45) is 2.69. The van der Waals surface area contributed by atoms with Crippen LogP contribution in [0.15, 0.2) is 33.7 Å². The molecule has 0 spiro atoms. The van der Waals surface area contributed by atoms with E-state index in [1.807, 2.05) is 12.1 Å². The van der Waals surface area contributed by atoms with E-state index in [4.69, 9.17) is 4.74 Å².